The normalized spacial score (nSPS) is 21.6. The molecule has 0 amide bonds. The van der Waals surface area contributed by atoms with Crippen molar-refractivity contribution in [3.8, 4) is 0 Å². The minimum Gasteiger partial charge on any atom is -0.481 e. The molecule has 3 nitrogen and oxygen atoms in total. The van der Waals surface area contributed by atoms with Crippen LogP contribution in [0, 0.1) is 17.8 Å². The molecule has 0 aliphatic heterocycles. The van der Waals surface area contributed by atoms with E-state index in [-0.39, 0.29) is 18.4 Å². The van der Waals surface area contributed by atoms with Crippen LogP contribution >= 0.6 is 0 Å². The molecule has 0 bridgehead atoms. The number of hydrogen-bond donors (Lipinski definition) is 2. The average Bonchev–Trinajstić information content (AvgIpc) is 2.28. The summed E-state index contributed by atoms with van der Waals surface area (Å²) in [6.07, 6.45) is 8.98. The summed E-state index contributed by atoms with van der Waals surface area (Å²) in [4.78, 5) is 10.9. The monoisotopic (exact) mass is 227 g/mol. The van der Waals surface area contributed by atoms with E-state index in [0.717, 1.165) is 12.3 Å². The molecule has 0 aromatic rings. The minimum atomic E-state index is -0.737. The molecule has 3 N–H and O–H groups in total. The molecule has 0 saturated heterocycles. The Kier molecular flexibility index (Phi) is 5.81. The summed E-state index contributed by atoms with van der Waals surface area (Å²) in [5.41, 5.74) is 5.50. The van der Waals surface area contributed by atoms with Gasteiger partial charge >= 0.3 is 5.97 Å². The third-order valence-corrected chi connectivity index (χ3v) is 4.01. The fourth-order valence-electron chi connectivity index (χ4n) is 2.75. The summed E-state index contributed by atoms with van der Waals surface area (Å²) in [6, 6.07) is 0. The second kappa shape index (κ2) is 6.89. The molecule has 2 unspecified atom stereocenters. The van der Waals surface area contributed by atoms with Gasteiger partial charge in [-0.25, -0.2) is 0 Å². The molecule has 16 heavy (non-hydrogen) atoms. The predicted molar refractivity (Wildman–Crippen MR) is 65.2 cm³/mol. The van der Waals surface area contributed by atoms with Gasteiger partial charge in [0.1, 0.15) is 0 Å². The maximum absolute atomic E-state index is 10.9. The van der Waals surface area contributed by atoms with Crippen molar-refractivity contribution in [1.82, 2.24) is 0 Å². The molecule has 94 valence electrons. The first-order valence-electron chi connectivity index (χ1n) is 6.58. The second-order valence-corrected chi connectivity index (χ2v) is 5.24. The zero-order chi connectivity index (χ0) is 12.0. The number of aliphatic carboxylic acids is 1. The molecule has 0 heterocycles. The van der Waals surface area contributed by atoms with Gasteiger partial charge < -0.3 is 10.8 Å². The molecule has 2 atom stereocenters. The second-order valence-electron chi connectivity index (χ2n) is 5.24. The van der Waals surface area contributed by atoms with Crippen LogP contribution in [0.1, 0.15) is 51.9 Å². The maximum atomic E-state index is 10.9. The van der Waals surface area contributed by atoms with E-state index in [2.05, 4.69) is 0 Å². The molecule has 0 radical (unpaired) electrons. The number of carboxylic acid groups (broad SMARTS) is 1. The van der Waals surface area contributed by atoms with E-state index in [1.807, 2.05) is 6.92 Å². The summed E-state index contributed by atoms with van der Waals surface area (Å²) in [5.74, 6) is -0.0462. The Morgan fingerprint density at radius 3 is 2.50 bits per heavy atom. The average molecular weight is 227 g/mol. The van der Waals surface area contributed by atoms with Crippen molar-refractivity contribution in [3.05, 3.63) is 0 Å². The van der Waals surface area contributed by atoms with Crippen LogP contribution in [-0.4, -0.2) is 17.6 Å². The first-order chi connectivity index (χ1) is 7.65. The number of nitrogens with two attached hydrogens (primary N) is 1. The van der Waals surface area contributed by atoms with E-state index in [1.54, 1.807) is 0 Å². The molecule has 0 aromatic carbocycles. The van der Waals surface area contributed by atoms with Crippen LogP contribution in [0.2, 0.25) is 0 Å². The van der Waals surface area contributed by atoms with Crippen LogP contribution < -0.4 is 5.73 Å². The van der Waals surface area contributed by atoms with Gasteiger partial charge in [-0.15, -0.1) is 0 Å². The highest BCUT2D eigenvalue weighted by molar-refractivity contribution is 5.70. The Labute approximate surface area is 98.4 Å². The summed E-state index contributed by atoms with van der Waals surface area (Å²) in [6.45, 7) is 2.29. The third-order valence-electron chi connectivity index (χ3n) is 4.01. The smallest absolute Gasteiger partial charge is 0.308 e. The van der Waals surface area contributed by atoms with Gasteiger partial charge in [-0.3, -0.25) is 4.79 Å². The lowest BCUT2D eigenvalue weighted by atomic mass is 9.81. The Bertz CT molecular complexity index is 212. The SMILES string of the molecule is CC(CCC1CCCCC1)C(CN)C(=O)O. The number of rotatable bonds is 6. The van der Waals surface area contributed by atoms with Crippen molar-refractivity contribution < 1.29 is 9.90 Å². The topological polar surface area (TPSA) is 63.3 Å². The number of carbonyl (C=O) groups is 1. The molecule has 1 rings (SSSR count). The number of carboxylic acids is 1. The van der Waals surface area contributed by atoms with Crippen molar-refractivity contribution in [2.24, 2.45) is 23.5 Å². The highest BCUT2D eigenvalue weighted by Gasteiger charge is 2.24. The largest absolute Gasteiger partial charge is 0.481 e. The van der Waals surface area contributed by atoms with Crippen LogP contribution in [-0.2, 0) is 4.79 Å². The first-order valence-corrected chi connectivity index (χ1v) is 6.58. The summed E-state index contributed by atoms with van der Waals surface area (Å²) < 4.78 is 0. The lowest BCUT2D eigenvalue weighted by Crippen LogP contribution is -2.29. The molecule has 1 saturated carbocycles. The van der Waals surface area contributed by atoms with Crippen LogP contribution in [0.5, 0.6) is 0 Å². The van der Waals surface area contributed by atoms with Gasteiger partial charge in [0.2, 0.25) is 0 Å². The van der Waals surface area contributed by atoms with Crippen LogP contribution in [0.25, 0.3) is 0 Å². The molecular formula is C13H25NO2. The van der Waals surface area contributed by atoms with Gasteiger partial charge in [0.25, 0.3) is 0 Å². The Hall–Kier alpha value is -0.570. The van der Waals surface area contributed by atoms with Crippen LogP contribution in [0.3, 0.4) is 0 Å². The van der Waals surface area contributed by atoms with Gasteiger partial charge in [0.15, 0.2) is 0 Å². The van der Waals surface area contributed by atoms with E-state index in [0.29, 0.717) is 0 Å². The quantitative estimate of drug-likeness (QED) is 0.733. The summed E-state index contributed by atoms with van der Waals surface area (Å²) in [7, 11) is 0. The zero-order valence-electron chi connectivity index (χ0n) is 10.3. The molecule has 1 aliphatic rings. The highest BCUT2D eigenvalue weighted by atomic mass is 16.4. The lowest BCUT2D eigenvalue weighted by molar-refractivity contribution is -0.143. The predicted octanol–water partition coefficient (Wildman–Crippen LogP) is 2.64. The van der Waals surface area contributed by atoms with Crippen molar-refractivity contribution in [2.45, 2.75) is 51.9 Å². The van der Waals surface area contributed by atoms with E-state index >= 15 is 0 Å². The first kappa shape index (κ1) is 13.5. The molecule has 0 aromatic heterocycles. The van der Waals surface area contributed by atoms with Gasteiger partial charge in [0, 0.05) is 6.54 Å². The Morgan fingerprint density at radius 1 is 1.38 bits per heavy atom. The molecular weight excluding hydrogens is 202 g/mol. The Morgan fingerprint density at radius 2 is 2.00 bits per heavy atom. The summed E-state index contributed by atoms with van der Waals surface area (Å²) in [5, 5.41) is 9.00. The van der Waals surface area contributed by atoms with Gasteiger partial charge in [-0.05, 0) is 18.3 Å². The van der Waals surface area contributed by atoms with E-state index in [9.17, 15) is 4.79 Å². The van der Waals surface area contributed by atoms with E-state index in [4.69, 9.17) is 10.8 Å². The van der Waals surface area contributed by atoms with Gasteiger partial charge in [0.05, 0.1) is 5.92 Å². The van der Waals surface area contributed by atoms with Crippen molar-refractivity contribution in [3.63, 3.8) is 0 Å². The third kappa shape index (κ3) is 4.12. The highest BCUT2D eigenvalue weighted by Crippen LogP contribution is 2.29. The zero-order valence-corrected chi connectivity index (χ0v) is 10.3. The van der Waals surface area contributed by atoms with Crippen molar-refractivity contribution in [1.29, 1.82) is 0 Å². The minimum absolute atomic E-state index is 0.212. The Balaban J connectivity index is 2.27. The van der Waals surface area contributed by atoms with Gasteiger partial charge in [-0.2, -0.15) is 0 Å². The standard InChI is InChI=1S/C13H25NO2/c1-10(12(9-14)13(15)16)7-8-11-5-3-2-4-6-11/h10-12H,2-9,14H2,1H3,(H,15,16). The van der Waals surface area contributed by atoms with Crippen LogP contribution in [0.15, 0.2) is 0 Å². The molecule has 1 aliphatic carbocycles. The molecule has 1 fully saturated rings. The van der Waals surface area contributed by atoms with Gasteiger partial charge in [-0.1, -0.05) is 45.4 Å². The van der Waals surface area contributed by atoms with Crippen molar-refractivity contribution >= 4 is 5.97 Å². The fraction of sp³-hybridized carbons (Fsp3) is 0.923. The van der Waals surface area contributed by atoms with Crippen molar-refractivity contribution in [2.75, 3.05) is 6.54 Å². The van der Waals surface area contributed by atoms with E-state index in [1.165, 1.54) is 38.5 Å². The van der Waals surface area contributed by atoms with Crippen LogP contribution in [0.4, 0.5) is 0 Å². The fourth-order valence-corrected chi connectivity index (χ4v) is 2.75. The maximum Gasteiger partial charge on any atom is 0.308 e. The molecule has 0 spiro atoms. The molecule has 3 heteroatoms. The lowest BCUT2D eigenvalue weighted by Gasteiger charge is -2.24. The van der Waals surface area contributed by atoms with E-state index < -0.39 is 5.97 Å². The summed E-state index contributed by atoms with van der Waals surface area (Å²) >= 11 is 0. The number of hydrogen-bond acceptors (Lipinski definition) is 2.